The summed E-state index contributed by atoms with van der Waals surface area (Å²) in [6.07, 6.45) is 9.10. The van der Waals surface area contributed by atoms with Gasteiger partial charge in [0, 0.05) is 14.2 Å². The molecule has 0 spiro atoms. The van der Waals surface area contributed by atoms with Crippen LogP contribution in [0, 0.1) is 28.4 Å². The molecule has 0 aromatic heterocycles. The number of allylic oxidation sites excluding steroid dienone is 4. The molecule has 0 amide bonds. The molecular weight excluding hydrogens is 435 g/mol. The van der Waals surface area contributed by atoms with Crippen molar-refractivity contribution in [2.45, 2.75) is 38.1 Å². The fourth-order valence-corrected chi connectivity index (χ4v) is 3.19. The van der Waals surface area contributed by atoms with Crippen molar-refractivity contribution in [1.82, 2.24) is 0 Å². The van der Waals surface area contributed by atoms with Crippen LogP contribution in [0.15, 0.2) is 17.2 Å². The second-order valence-electron chi connectivity index (χ2n) is 3.88. The van der Waals surface area contributed by atoms with E-state index in [1.165, 1.54) is 30.0 Å². The van der Waals surface area contributed by atoms with Gasteiger partial charge in [-0.3, -0.25) is 6.08 Å². The van der Waals surface area contributed by atoms with E-state index in [4.69, 9.17) is 9.47 Å². The van der Waals surface area contributed by atoms with E-state index in [1.54, 1.807) is 14.2 Å². The zero-order chi connectivity index (χ0) is 11.1. The first-order valence-corrected chi connectivity index (χ1v) is 7.42. The number of ether oxygens (including phenoxy) is 2. The second-order valence-corrected chi connectivity index (χ2v) is 5.83. The molecule has 2 nitrogen and oxygen atoms in total. The van der Waals surface area contributed by atoms with E-state index >= 15 is 0 Å². The van der Waals surface area contributed by atoms with Crippen LogP contribution in [0.1, 0.15) is 26.2 Å². The number of hydrogen-bond donors (Lipinski definition) is 0. The first kappa shape index (κ1) is 27.6. The summed E-state index contributed by atoms with van der Waals surface area (Å²) < 4.78 is 10.4. The van der Waals surface area contributed by atoms with E-state index in [1.807, 2.05) is 0 Å². The van der Waals surface area contributed by atoms with Gasteiger partial charge >= 0.3 is 21.1 Å². The molecule has 1 aliphatic rings. The molecule has 0 fully saturated rings. The van der Waals surface area contributed by atoms with Gasteiger partial charge in [0.2, 0.25) is 0 Å². The third-order valence-corrected chi connectivity index (χ3v) is 4.91. The predicted octanol–water partition coefficient (Wildman–Crippen LogP) is 3.36. The maximum atomic E-state index is 5.20. The maximum absolute atomic E-state index is 5.20. The fourth-order valence-electron chi connectivity index (χ4n) is 1.84. The molecule has 1 aliphatic carbocycles. The molecule has 0 radical (unpaired) electrons. The molecule has 0 aromatic rings. The molecule has 0 N–H and O–H groups in total. The Morgan fingerprint density at radius 2 is 1.84 bits per heavy atom. The molecule has 4 heteroatoms. The zero-order valence-electron chi connectivity index (χ0n) is 13.3. The first-order chi connectivity index (χ1) is 7.27. The van der Waals surface area contributed by atoms with Crippen LogP contribution in [0.5, 0.6) is 0 Å². The average Bonchev–Trinajstić information content (AvgIpc) is 2.65. The van der Waals surface area contributed by atoms with Gasteiger partial charge in [-0.1, -0.05) is 25.8 Å². The van der Waals surface area contributed by atoms with Crippen LogP contribution in [0.4, 0.5) is 0 Å². The van der Waals surface area contributed by atoms with Crippen LogP contribution in [-0.4, -0.2) is 29.7 Å². The summed E-state index contributed by atoms with van der Waals surface area (Å²) in [7, 11) is 3.22. The maximum Gasteiger partial charge on any atom is 4.00 e. The number of hydrogen-bond acceptors (Lipinski definition) is 2. The summed E-state index contributed by atoms with van der Waals surface area (Å²) in [6.45, 7) is 2.16. The van der Waals surface area contributed by atoms with Crippen LogP contribution < -0.4 is 0 Å². The minimum absolute atomic E-state index is 0. The van der Waals surface area contributed by atoms with E-state index in [0.717, 1.165) is 6.42 Å². The smallest absolute Gasteiger partial charge is 0.360 e. The fraction of sp³-hybridized carbons (Fsp3) is 0.533. The normalized spacial score (nSPS) is 13.1. The molecule has 0 heterocycles. The van der Waals surface area contributed by atoms with Crippen molar-refractivity contribution in [1.29, 1.82) is 0 Å². The Labute approximate surface area is 138 Å². The minimum Gasteiger partial charge on any atom is -0.360 e. The third kappa shape index (κ3) is 10.7. The molecule has 0 aromatic carbocycles. The van der Waals surface area contributed by atoms with Crippen LogP contribution in [-0.2, 0) is 30.5 Å². The van der Waals surface area contributed by atoms with E-state index in [2.05, 4.69) is 19.1 Å². The molecule has 0 saturated carbocycles. The van der Waals surface area contributed by atoms with Gasteiger partial charge in [0.05, 0.1) is 9.52 Å². The molecule has 0 unspecified atom stereocenters. The summed E-state index contributed by atoms with van der Waals surface area (Å²) in [5.74, 6) is 0.103. The summed E-state index contributed by atoms with van der Waals surface area (Å²) >= 11 is 0. The Balaban J connectivity index is -0.000000281. The largest absolute Gasteiger partial charge is 4.00 e. The zero-order valence-corrected chi connectivity index (χ0v) is 17.0. The van der Waals surface area contributed by atoms with Crippen molar-refractivity contribution in [3.8, 4) is 0 Å². The van der Waals surface area contributed by atoms with Gasteiger partial charge in [-0.05, 0) is 0 Å². The standard InChI is InChI=1S/C12H21O2Si.3CH3.Pt/c1-10-6-4-7-11(10)8-5-9-15-12(13-2)14-3;;;;/h7,12H,4-5,8-9,15H2,1-3H3;3*1H3;/q4*-1;+4. The van der Waals surface area contributed by atoms with Crippen LogP contribution in [0.3, 0.4) is 0 Å². The summed E-state index contributed by atoms with van der Waals surface area (Å²) in [6, 6.07) is 1.29. The second kappa shape index (κ2) is 16.4. The van der Waals surface area contributed by atoms with Crippen molar-refractivity contribution < 1.29 is 30.5 Å². The molecule has 0 bridgehead atoms. The van der Waals surface area contributed by atoms with Crippen molar-refractivity contribution in [3.05, 3.63) is 45.6 Å². The topological polar surface area (TPSA) is 18.5 Å². The van der Waals surface area contributed by atoms with Gasteiger partial charge in [0.25, 0.3) is 0 Å². The van der Waals surface area contributed by atoms with Gasteiger partial charge in [0.1, 0.15) is 5.91 Å². The Hall–Kier alpha value is 0.305. The van der Waals surface area contributed by atoms with Gasteiger partial charge in [0.15, 0.2) is 0 Å². The predicted molar refractivity (Wildman–Crippen MR) is 84.8 cm³/mol. The van der Waals surface area contributed by atoms with Crippen molar-refractivity contribution >= 4 is 9.52 Å². The summed E-state index contributed by atoms with van der Waals surface area (Å²) in [5, 5.41) is 0. The van der Waals surface area contributed by atoms with E-state index < -0.39 is 0 Å². The Morgan fingerprint density at radius 1 is 1.26 bits per heavy atom. The van der Waals surface area contributed by atoms with Gasteiger partial charge < -0.3 is 31.8 Å². The van der Waals surface area contributed by atoms with Gasteiger partial charge in [-0.15, -0.1) is 6.42 Å². The Bertz CT molecular complexity index is 249. The molecule has 0 saturated heterocycles. The SMILES string of the molecule is COC(OC)[SiH2]CCCC1=CC[C-]=C1C.[CH3-].[CH3-].[CH3-].[Pt+4]. The van der Waals surface area contributed by atoms with Crippen LogP contribution >= 0.6 is 0 Å². The molecule has 0 atom stereocenters. The van der Waals surface area contributed by atoms with Crippen LogP contribution in [0.2, 0.25) is 6.04 Å². The average molecular weight is 466 g/mol. The van der Waals surface area contributed by atoms with Gasteiger partial charge in [-0.2, -0.15) is 11.6 Å². The molecular formula is C15H30O2PtSi. The van der Waals surface area contributed by atoms with Gasteiger partial charge in [-0.25, -0.2) is 5.57 Å². The summed E-state index contributed by atoms with van der Waals surface area (Å²) in [5.41, 5.74) is 2.85. The quantitative estimate of drug-likeness (QED) is 0.249. The number of methoxy groups -OCH3 is 2. The van der Waals surface area contributed by atoms with Crippen molar-refractivity contribution in [3.63, 3.8) is 0 Å². The molecule has 19 heavy (non-hydrogen) atoms. The van der Waals surface area contributed by atoms with Crippen LogP contribution in [0.25, 0.3) is 0 Å². The van der Waals surface area contributed by atoms with Crippen molar-refractivity contribution in [2.75, 3.05) is 14.2 Å². The summed E-state index contributed by atoms with van der Waals surface area (Å²) in [4.78, 5) is 0. The molecule has 0 aliphatic heterocycles. The molecule has 1 rings (SSSR count). The molecule has 116 valence electrons. The van der Waals surface area contributed by atoms with E-state index in [-0.39, 0.29) is 58.8 Å². The Morgan fingerprint density at radius 3 is 2.26 bits per heavy atom. The monoisotopic (exact) mass is 465 g/mol. The number of rotatable bonds is 7. The van der Waals surface area contributed by atoms with Crippen molar-refractivity contribution in [2.24, 2.45) is 0 Å². The first-order valence-electron chi connectivity index (χ1n) is 5.60. The third-order valence-electron chi connectivity index (χ3n) is 2.86. The van der Waals surface area contributed by atoms with E-state index in [9.17, 15) is 0 Å². The van der Waals surface area contributed by atoms with E-state index in [0.29, 0.717) is 0 Å². The Kier molecular flexibility index (Phi) is 23.8. The minimum atomic E-state index is -0.231.